The highest BCUT2D eigenvalue weighted by atomic mass is 16.5. The molecule has 98 valence electrons. The molecule has 0 radical (unpaired) electrons. The number of aromatic nitrogens is 2. The summed E-state index contributed by atoms with van der Waals surface area (Å²) in [6.07, 6.45) is 2.35. The first-order valence-electron chi connectivity index (χ1n) is 5.84. The fourth-order valence-electron chi connectivity index (χ4n) is 1.83. The van der Waals surface area contributed by atoms with Gasteiger partial charge in [-0.2, -0.15) is 0 Å². The maximum absolute atomic E-state index is 10.5. The van der Waals surface area contributed by atoms with E-state index in [4.69, 9.17) is 4.74 Å². The molecule has 0 saturated carbocycles. The standard InChI is InChI=1S/C14H15N3O2/c1-9-6-11(14(19-3)15-7-9)13-10(2)4-5-12(17-13)16-8-18/h4-8H,1-3H3,(H,16,17,18). The second kappa shape index (κ2) is 5.48. The summed E-state index contributed by atoms with van der Waals surface area (Å²) < 4.78 is 5.27. The summed E-state index contributed by atoms with van der Waals surface area (Å²) in [7, 11) is 1.57. The zero-order valence-corrected chi connectivity index (χ0v) is 11.1. The van der Waals surface area contributed by atoms with Crippen LogP contribution in [0, 0.1) is 13.8 Å². The molecule has 0 fully saturated rings. The van der Waals surface area contributed by atoms with Gasteiger partial charge in [-0.25, -0.2) is 9.97 Å². The summed E-state index contributed by atoms with van der Waals surface area (Å²) in [5.74, 6) is 1.02. The molecule has 0 aliphatic heterocycles. The van der Waals surface area contributed by atoms with E-state index in [1.54, 1.807) is 19.4 Å². The molecule has 0 atom stereocenters. The number of ether oxygens (including phenoxy) is 1. The third kappa shape index (κ3) is 2.70. The minimum Gasteiger partial charge on any atom is -0.481 e. The fourth-order valence-corrected chi connectivity index (χ4v) is 1.83. The van der Waals surface area contributed by atoms with Crippen LogP contribution in [0.2, 0.25) is 0 Å². The van der Waals surface area contributed by atoms with Crippen LogP contribution < -0.4 is 10.1 Å². The van der Waals surface area contributed by atoms with Crippen molar-refractivity contribution in [2.75, 3.05) is 12.4 Å². The number of pyridine rings is 2. The summed E-state index contributed by atoms with van der Waals surface area (Å²) in [5.41, 5.74) is 3.57. The van der Waals surface area contributed by atoms with Crippen molar-refractivity contribution in [1.82, 2.24) is 9.97 Å². The first kappa shape index (κ1) is 13.0. The summed E-state index contributed by atoms with van der Waals surface area (Å²) >= 11 is 0. The molecule has 19 heavy (non-hydrogen) atoms. The van der Waals surface area contributed by atoms with Crippen molar-refractivity contribution < 1.29 is 9.53 Å². The SMILES string of the molecule is COc1ncc(C)cc1-c1nc(NC=O)ccc1C. The smallest absolute Gasteiger partial charge is 0.222 e. The highest BCUT2D eigenvalue weighted by Gasteiger charge is 2.12. The van der Waals surface area contributed by atoms with Gasteiger partial charge in [-0.05, 0) is 37.1 Å². The average molecular weight is 257 g/mol. The lowest BCUT2D eigenvalue weighted by Crippen LogP contribution is -2.01. The van der Waals surface area contributed by atoms with Gasteiger partial charge in [0.05, 0.1) is 18.4 Å². The van der Waals surface area contributed by atoms with E-state index in [-0.39, 0.29) is 0 Å². The number of rotatable bonds is 4. The predicted molar refractivity (Wildman–Crippen MR) is 73.2 cm³/mol. The van der Waals surface area contributed by atoms with Crippen LogP contribution in [0.3, 0.4) is 0 Å². The Morgan fingerprint density at radius 3 is 2.79 bits per heavy atom. The Hall–Kier alpha value is -2.43. The summed E-state index contributed by atoms with van der Waals surface area (Å²) in [5, 5.41) is 2.54. The summed E-state index contributed by atoms with van der Waals surface area (Å²) in [4.78, 5) is 19.2. The Bertz CT molecular complexity index is 612. The molecule has 1 amide bonds. The fraction of sp³-hybridized carbons (Fsp3) is 0.214. The normalized spacial score (nSPS) is 10.1. The maximum Gasteiger partial charge on any atom is 0.222 e. The zero-order chi connectivity index (χ0) is 13.8. The molecular weight excluding hydrogens is 242 g/mol. The van der Waals surface area contributed by atoms with Gasteiger partial charge < -0.3 is 10.1 Å². The number of nitrogens with one attached hydrogen (secondary N) is 1. The summed E-state index contributed by atoms with van der Waals surface area (Å²) in [6, 6.07) is 5.62. The van der Waals surface area contributed by atoms with Crippen molar-refractivity contribution in [2.24, 2.45) is 0 Å². The van der Waals surface area contributed by atoms with Gasteiger partial charge in [0.1, 0.15) is 5.82 Å². The molecule has 0 bridgehead atoms. The van der Waals surface area contributed by atoms with Crippen molar-refractivity contribution >= 4 is 12.2 Å². The number of carbonyl (C=O) groups excluding carboxylic acids is 1. The van der Waals surface area contributed by atoms with Crippen LogP contribution in [0.25, 0.3) is 11.3 Å². The van der Waals surface area contributed by atoms with Crippen LogP contribution in [-0.2, 0) is 4.79 Å². The average Bonchev–Trinajstić information content (AvgIpc) is 2.41. The number of amides is 1. The highest BCUT2D eigenvalue weighted by molar-refractivity contribution is 5.74. The van der Waals surface area contributed by atoms with Crippen molar-refractivity contribution in [2.45, 2.75) is 13.8 Å². The quantitative estimate of drug-likeness (QED) is 0.854. The highest BCUT2D eigenvalue weighted by Crippen LogP contribution is 2.30. The van der Waals surface area contributed by atoms with E-state index in [2.05, 4.69) is 15.3 Å². The van der Waals surface area contributed by atoms with Crippen LogP contribution in [0.5, 0.6) is 5.88 Å². The first-order valence-corrected chi connectivity index (χ1v) is 5.84. The maximum atomic E-state index is 10.5. The molecule has 0 aromatic carbocycles. The van der Waals surface area contributed by atoms with Gasteiger partial charge >= 0.3 is 0 Å². The molecule has 2 aromatic rings. The third-order valence-electron chi connectivity index (χ3n) is 2.74. The second-order valence-electron chi connectivity index (χ2n) is 4.19. The summed E-state index contributed by atoms with van der Waals surface area (Å²) in [6.45, 7) is 3.91. The van der Waals surface area contributed by atoms with Crippen LogP contribution in [0.4, 0.5) is 5.82 Å². The van der Waals surface area contributed by atoms with Crippen molar-refractivity contribution in [3.05, 3.63) is 35.5 Å². The topological polar surface area (TPSA) is 64.1 Å². The Morgan fingerprint density at radius 2 is 2.11 bits per heavy atom. The van der Waals surface area contributed by atoms with E-state index >= 15 is 0 Å². The van der Waals surface area contributed by atoms with Crippen LogP contribution >= 0.6 is 0 Å². The lowest BCUT2D eigenvalue weighted by Gasteiger charge is -2.11. The lowest BCUT2D eigenvalue weighted by atomic mass is 10.1. The molecule has 2 heterocycles. The van der Waals surface area contributed by atoms with E-state index in [1.807, 2.05) is 26.0 Å². The molecular formula is C14H15N3O2. The van der Waals surface area contributed by atoms with Gasteiger partial charge in [-0.3, -0.25) is 4.79 Å². The van der Waals surface area contributed by atoms with Crippen LogP contribution in [0.15, 0.2) is 24.4 Å². The predicted octanol–water partition coefficient (Wildman–Crippen LogP) is 2.34. The number of hydrogen-bond acceptors (Lipinski definition) is 4. The Morgan fingerprint density at radius 1 is 1.32 bits per heavy atom. The zero-order valence-electron chi connectivity index (χ0n) is 11.1. The van der Waals surface area contributed by atoms with E-state index in [0.29, 0.717) is 18.1 Å². The Labute approximate surface area is 111 Å². The molecule has 1 N–H and O–H groups in total. The number of aryl methyl sites for hydroxylation is 2. The minimum atomic E-state index is 0.499. The van der Waals surface area contributed by atoms with Crippen molar-refractivity contribution in [3.63, 3.8) is 0 Å². The van der Waals surface area contributed by atoms with Gasteiger partial charge in [-0.15, -0.1) is 0 Å². The first-order chi connectivity index (χ1) is 9.15. The Kier molecular flexibility index (Phi) is 3.75. The van der Waals surface area contributed by atoms with E-state index in [9.17, 15) is 4.79 Å². The molecule has 2 rings (SSSR count). The minimum absolute atomic E-state index is 0.499. The van der Waals surface area contributed by atoms with Crippen LogP contribution in [-0.4, -0.2) is 23.5 Å². The molecule has 0 saturated heterocycles. The molecule has 2 aromatic heterocycles. The van der Waals surface area contributed by atoms with E-state index < -0.39 is 0 Å². The molecule has 0 aliphatic rings. The van der Waals surface area contributed by atoms with Gasteiger partial charge in [0.25, 0.3) is 0 Å². The molecule has 5 heteroatoms. The van der Waals surface area contributed by atoms with E-state index in [1.165, 1.54) is 0 Å². The molecule has 0 unspecified atom stereocenters. The van der Waals surface area contributed by atoms with Crippen LogP contribution in [0.1, 0.15) is 11.1 Å². The third-order valence-corrected chi connectivity index (χ3v) is 2.74. The number of anilines is 1. The second-order valence-corrected chi connectivity index (χ2v) is 4.19. The number of hydrogen-bond donors (Lipinski definition) is 1. The Balaban J connectivity index is 2.59. The molecule has 5 nitrogen and oxygen atoms in total. The monoisotopic (exact) mass is 257 g/mol. The number of nitrogens with zero attached hydrogens (tertiary/aromatic N) is 2. The van der Waals surface area contributed by atoms with Gasteiger partial charge in [0, 0.05) is 6.20 Å². The molecule has 0 aliphatic carbocycles. The van der Waals surface area contributed by atoms with Gasteiger partial charge in [0.15, 0.2) is 0 Å². The van der Waals surface area contributed by atoms with Gasteiger partial charge in [-0.1, -0.05) is 6.07 Å². The van der Waals surface area contributed by atoms with E-state index in [0.717, 1.165) is 22.4 Å². The molecule has 0 spiro atoms. The lowest BCUT2D eigenvalue weighted by molar-refractivity contribution is -0.105. The largest absolute Gasteiger partial charge is 0.481 e. The van der Waals surface area contributed by atoms with Crippen molar-refractivity contribution in [3.8, 4) is 17.1 Å². The van der Waals surface area contributed by atoms with Gasteiger partial charge in [0.2, 0.25) is 12.3 Å². The number of carbonyl (C=O) groups is 1. The number of methoxy groups -OCH3 is 1. The van der Waals surface area contributed by atoms with Crippen molar-refractivity contribution in [1.29, 1.82) is 0 Å².